The predicted octanol–water partition coefficient (Wildman–Crippen LogP) is 17.3. The molecule has 0 saturated carbocycles. The van der Waals surface area contributed by atoms with Gasteiger partial charge in [-0.2, -0.15) is 0 Å². The Hall–Kier alpha value is -9.12. The van der Waals surface area contributed by atoms with Crippen LogP contribution in [-0.2, 0) is 0 Å². The van der Waals surface area contributed by atoms with Gasteiger partial charge < -0.3 is 9.13 Å². The van der Waals surface area contributed by atoms with E-state index < -0.39 is 0 Å². The van der Waals surface area contributed by atoms with E-state index >= 15 is 0 Å². The standard InChI is InChI=1S/C66H46N4/c1-43-24-28-45(29-25-43)49-32-35-64-57(39-49)54-20-9-11-22-61(54)69(64)53-19-13-18-51(38-53)56-41-52(60-42-59(47-14-5-3-6-15-47)67-66(68-60)48-16-7-4-8-17-48)34-37-63(56)70-62-23-12-10-21-55(62)58-40-50(33-36-65(58)70)46-30-26-44(2)27-31-46/h3-42H,1-2H3. The van der Waals surface area contributed by atoms with Gasteiger partial charge in [-0.1, -0.05) is 187 Å². The van der Waals surface area contributed by atoms with Crippen LogP contribution in [0.25, 0.3) is 122 Å². The molecule has 0 N–H and O–H groups in total. The Labute approximate surface area is 407 Å². The smallest absolute Gasteiger partial charge is 0.160 e. The van der Waals surface area contributed by atoms with Crippen molar-refractivity contribution in [2.75, 3.05) is 0 Å². The van der Waals surface area contributed by atoms with E-state index in [0.717, 1.165) is 67.1 Å². The summed E-state index contributed by atoms with van der Waals surface area (Å²) in [6.45, 7) is 4.28. The molecule has 0 aliphatic heterocycles. The third kappa shape index (κ3) is 7.17. The molecule has 0 spiro atoms. The molecule has 10 aromatic carbocycles. The minimum absolute atomic E-state index is 0.688. The Morgan fingerprint density at radius 3 is 1.37 bits per heavy atom. The van der Waals surface area contributed by atoms with Crippen molar-refractivity contribution >= 4 is 43.6 Å². The van der Waals surface area contributed by atoms with Gasteiger partial charge in [0.1, 0.15) is 0 Å². The Morgan fingerprint density at radius 2 is 0.757 bits per heavy atom. The summed E-state index contributed by atoms with van der Waals surface area (Å²) in [5, 5.41) is 4.87. The second kappa shape index (κ2) is 16.9. The summed E-state index contributed by atoms with van der Waals surface area (Å²) in [7, 11) is 0. The number of para-hydroxylation sites is 2. The summed E-state index contributed by atoms with van der Waals surface area (Å²) in [4.78, 5) is 10.4. The van der Waals surface area contributed by atoms with E-state index in [4.69, 9.17) is 9.97 Å². The second-order valence-corrected chi connectivity index (χ2v) is 18.4. The van der Waals surface area contributed by atoms with Crippen LogP contribution in [0, 0.1) is 13.8 Å². The first-order chi connectivity index (χ1) is 34.5. The van der Waals surface area contributed by atoms with Crippen LogP contribution < -0.4 is 0 Å². The van der Waals surface area contributed by atoms with Gasteiger partial charge in [-0.3, -0.25) is 0 Å². The number of benzene rings is 10. The van der Waals surface area contributed by atoms with E-state index in [1.54, 1.807) is 0 Å². The summed E-state index contributed by atoms with van der Waals surface area (Å²) >= 11 is 0. The summed E-state index contributed by atoms with van der Waals surface area (Å²) in [5.41, 5.74) is 21.1. The van der Waals surface area contributed by atoms with Crippen LogP contribution in [0.4, 0.5) is 0 Å². The van der Waals surface area contributed by atoms with E-state index in [2.05, 4.69) is 241 Å². The second-order valence-electron chi connectivity index (χ2n) is 18.4. The Balaban J connectivity index is 1.04. The van der Waals surface area contributed by atoms with Crippen LogP contribution in [0.3, 0.4) is 0 Å². The molecule has 3 heterocycles. The average molecular weight is 895 g/mol. The lowest BCUT2D eigenvalue weighted by atomic mass is 9.97. The highest BCUT2D eigenvalue weighted by atomic mass is 15.0. The first-order valence-electron chi connectivity index (χ1n) is 24.0. The molecule has 70 heavy (non-hydrogen) atoms. The quantitative estimate of drug-likeness (QED) is 0.152. The monoisotopic (exact) mass is 894 g/mol. The van der Waals surface area contributed by atoms with Crippen molar-refractivity contribution in [1.82, 2.24) is 19.1 Å². The van der Waals surface area contributed by atoms with Crippen molar-refractivity contribution in [3.63, 3.8) is 0 Å². The number of aromatic nitrogens is 4. The van der Waals surface area contributed by atoms with Crippen LogP contribution in [0.5, 0.6) is 0 Å². The largest absolute Gasteiger partial charge is 0.309 e. The summed E-state index contributed by atoms with van der Waals surface area (Å²) in [5.74, 6) is 0.688. The number of fused-ring (bicyclic) bond motifs is 6. The zero-order chi connectivity index (χ0) is 46.7. The van der Waals surface area contributed by atoms with Gasteiger partial charge in [0.2, 0.25) is 0 Å². The van der Waals surface area contributed by atoms with Gasteiger partial charge in [-0.05, 0) is 108 Å². The zero-order valence-electron chi connectivity index (χ0n) is 38.9. The minimum atomic E-state index is 0.688. The molecule has 0 saturated heterocycles. The van der Waals surface area contributed by atoms with Crippen LogP contribution in [-0.4, -0.2) is 19.1 Å². The van der Waals surface area contributed by atoms with Crippen molar-refractivity contribution in [3.05, 3.63) is 254 Å². The molecule has 3 aromatic heterocycles. The highest BCUT2D eigenvalue weighted by Crippen LogP contribution is 2.42. The van der Waals surface area contributed by atoms with Crippen molar-refractivity contribution in [1.29, 1.82) is 0 Å². The summed E-state index contributed by atoms with van der Waals surface area (Å²) in [6, 6.07) is 87.8. The van der Waals surface area contributed by atoms with Crippen LogP contribution in [0.1, 0.15) is 11.1 Å². The van der Waals surface area contributed by atoms with Gasteiger partial charge in [0, 0.05) is 49.5 Å². The van der Waals surface area contributed by atoms with E-state index in [1.807, 2.05) is 24.3 Å². The molecule has 0 atom stereocenters. The van der Waals surface area contributed by atoms with Gasteiger partial charge in [-0.25, -0.2) is 9.97 Å². The summed E-state index contributed by atoms with van der Waals surface area (Å²) in [6.07, 6.45) is 0. The SMILES string of the molecule is Cc1ccc(-c2ccc3c(c2)c2ccccc2n3-c2cccc(-c3cc(-c4cc(-c5ccccc5)nc(-c5ccccc5)n4)ccc3-n3c4ccccc4c4cc(-c5ccc(C)cc5)ccc43)c2)cc1. The number of hydrogen-bond donors (Lipinski definition) is 0. The molecule has 13 aromatic rings. The van der Waals surface area contributed by atoms with Gasteiger partial charge in [0.15, 0.2) is 5.82 Å². The highest BCUT2D eigenvalue weighted by Gasteiger charge is 2.20. The molecule has 0 aliphatic carbocycles. The number of aryl methyl sites for hydroxylation is 2. The maximum Gasteiger partial charge on any atom is 0.160 e. The molecular formula is C66H46N4. The predicted molar refractivity (Wildman–Crippen MR) is 293 cm³/mol. The van der Waals surface area contributed by atoms with E-state index in [-0.39, 0.29) is 0 Å². The van der Waals surface area contributed by atoms with Crippen molar-refractivity contribution in [2.24, 2.45) is 0 Å². The van der Waals surface area contributed by atoms with E-state index in [1.165, 1.54) is 60.4 Å². The molecule has 0 bridgehead atoms. The number of nitrogens with zero attached hydrogens (tertiary/aromatic N) is 4. The topological polar surface area (TPSA) is 35.6 Å². The fourth-order valence-electron chi connectivity index (χ4n) is 10.3. The number of rotatable bonds is 8. The van der Waals surface area contributed by atoms with Gasteiger partial charge in [0.25, 0.3) is 0 Å². The Morgan fingerprint density at radius 1 is 0.286 bits per heavy atom. The minimum Gasteiger partial charge on any atom is -0.309 e. The normalized spacial score (nSPS) is 11.6. The molecule has 4 nitrogen and oxygen atoms in total. The maximum atomic E-state index is 5.31. The molecule has 0 amide bonds. The third-order valence-corrected chi connectivity index (χ3v) is 13.9. The number of hydrogen-bond acceptors (Lipinski definition) is 2. The van der Waals surface area contributed by atoms with Gasteiger partial charge in [-0.15, -0.1) is 0 Å². The Kier molecular flexibility index (Phi) is 9.91. The third-order valence-electron chi connectivity index (χ3n) is 13.9. The molecule has 4 heteroatoms. The van der Waals surface area contributed by atoms with Crippen LogP contribution in [0.2, 0.25) is 0 Å². The lowest BCUT2D eigenvalue weighted by Gasteiger charge is -2.18. The lowest BCUT2D eigenvalue weighted by Crippen LogP contribution is -2.00. The van der Waals surface area contributed by atoms with Crippen molar-refractivity contribution in [2.45, 2.75) is 13.8 Å². The van der Waals surface area contributed by atoms with E-state index in [9.17, 15) is 0 Å². The fourth-order valence-corrected chi connectivity index (χ4v) is 10.3. The molecule has 0 unspecified atom stereocenters. The highest BCUT2D eigenvalue weighted by molar-refractivity contribution is 6.12. The van der Waals surface area contributed by atoms with Gasteiger partial charge in [0.05, 0.1) is 39.1 Å². The molecular weight excluding hydrogens is 849 g/mol. The van der Waals surface area contributed by atoms with Crippen LogP contribution in [0.15, 0.2) is 243 Å². The maximum absolute atomic E-state index is 5.31. The lowest BCUT2D eigenvalue weighted by molar-refractivity contribution is 1.16. The zero-order valence-corrected chi connectivity index (χ0v) is 38.9. The molecule has 13 rings (SSSR count). The van der Waals surface area contributed by atoms with Crippen LogP contribution >= 0.6 is 0 Å². The molecule has 0 radical (unpaired) electrons. The molecule has 0 fully saturated rings. The fraction of sp³-hybridized carbons (Fsp3) is 0.0303. The summed E-state index contributed by atoms with van der Waals surface area (Å²) < 4.78 is 4.87. The average Bonchev–Trinajstić information content (AvgIpc) is 3.94. The molecule has 330 valence electrons. The van der Waals surface area contributed by atoms with Gasteiger partial charge >= 0.3 is 0 Å². The first kappa shape index (κ1) is 41.1. The van der Waals surface area contributed by atoms with E-state index in [0.29, 0.717) is 5.82 Å². The Bertz CT molecular complexity index is 4050. The van der Waals surface area contributed by atoms with Crippen molar-refractivity contribution < 1.29 is 0 Å². The molecule has 0 aliphatic rings. The first-order valence-corrected chi connectivity index (χ1v) is 24.0. The van der Waals surface area contributed by atoms with Crippen molar-refractivity contribution in [3.8, 4) is 78.7 Å².